The van der Waals surface area contributed by atoms with E-state index in [0.717, 1.165) is 38.6 Å². The molecule has 0 aliphatic heterocycles. The Morgan fingerprint density at radius 2 is 1.96 bits per heavy atom. The highest BCUT2D eigenvalue weighted by molar-refractivity contribution is 5.78. The van der Waals surface area contributed by atoms with Crippen LogP contribution in [0.5, 0.6) is 0 Å². The smallest absolute Gasteiger partial charge is 0.234 e. The highest BCUT2D eigenvalue weighted by atomic mass is 16.3. The maximum absolute atomic E-state index is 12.5. The zero-order valence-electron chi connectivity index (χ0n) is 14.5. The fourth-order valence-corrected chi connectivity index (χ4v) is 4.24. The van der Waals surface area contributed by atoms with Gasteiger partial charge in [0.2, 0.25) is 5.91 Å². The number of carbonyl (C=O) groups excluding carboxylic acids is 1. The van der Waals surface area contributed by atoms with Gasteiger partial charge >= 0.3 is 0 Å². The Balaban J connectivity index is 1.62. The predicted molar refractivity (Wildman–Crippen MR) is 95.8 cm³/mol. The van der Waals surface area contributed by atoms with Gasteiger partial charge in [-0.2, -0.15) is 0 Å². The van der Waals surface area contributed by atoms with Gasteiger partial charge in [-0.15, -0.1) is 0 Å². The number of rotatable bonds is 7. The van der Waals surface area contributed by atoms with E-state index < -0.39 is 0 Å². The van der Waals surface area contributed by atoms with Gasteiger partial charge < -0.3 is 10.4 Å². The van der Waals surface area contributed by atoms with Crippen LogP contribution in [0, 0.1) is 0 Å². The highest BCUT2D eigenvalue weighted by Gasteiger charge is 2.29. The summed E-state index contributed by atoms with van der Waals surface area (Å²) in [5.41, 5.74) is 2.77. The molecule has 1 unspecified atom stereocenters. The van der Waals surface area contributed by atoms with Crippen LogP contribution in [0.1, 0.15) is 62.1 Å². The van der Waals surface area contributed by atoms with Crippen LogP contribution in [0.4, 0.5) is 0 Å². The molecule has 1 amide bonds. The number of aliphatic hydroxyl groups is 1. The number of hydrogen-bond acceptors (Lipinski definition) is 3. The lowest BCUT2D eigenvalue weighted by Crippen LogP contribution is -2.44. The molecule has 2 aliphatic rings. The van der Waals surface area contributed by atoms with Crippen molar-refractivity contribution in [1.29, 1.82) is 0 Å². The Hall–Kier alpha value is -1.39. The molecule has 1 fully saturated rings. The second kappa shape index (κ2) is 8.63. The molecule has 0 heterocycles. The number of nitrogens with one attached hydrogen (secondary N) is 1. The number of nitrogens with zero attached hydrogens (tertiary/aromatic N) is 1. The molecule has 2 aliphatic carbocycles. The number of carbonyl (C=O) groups is 1. The van der Waals surface area contributed by atoms with Gasteiger partial charge in [-0.25, -0.2) is 0 Å². The van der Waals surface area contributed by atoms with Gasteiger partial charge in [0.1, 0.15) is 0 Å². The summed E-state index contributed by atoms with van der Waals surface area (Å²) in [6.45, 7) is 1.39. The molecule has 1 atom stereocenters. The van der Waals surface area contributed by atoms with Gasteiger partial charge in [-0.3, -0.25) is 9.69 Å². The average Bonchev–Trinajstić information content (AvgIpc) is 3.03. The SMILES string of the molecule is O=C(CN(CCCO)C1CCc2ccccc21)NC1CCCCC1. The monoisotopic (exact) mass is 330 g/mol. The molecule has 0 bridgehead atoms. The molecule has 2 N–H and O–H groups in total. The van der Waals surface area contributed by atoms with Gasteiger partial charge in [0, 0.05) is 25.2 Å². The molecular formula is C20H30N2O2. The number of benzene rings is 1. The third kappa shape index (κ3) is 4.37. The van der Waals surface area contributed by atoms with E-state index in [1.54, 1.807) is 0 Å². The molecule has 0 saturated heterocycles. The van der Waals surface area contributed by atoms with E-state index in [1.165, 1.54) is 30.4 Å². The minimum Gasteiger partial charge on any atom is -0.396 e. The largest absolute Gasteiger partial charge is 0.396 e. The number of hydrogen-bond donors (Lipinski definition) is 2. The van der Waals surface area contributed by atoms with Crippen LogP contribution in [0.25, 0.3) is 0 Å². The summed E-state index contributed by atoms with van der Waals surface area (Å²) < 4.78 is 0. The van der Waals surface area contributed by atoms with Gasteiger partial charge in [-0.1, -0.05) is 43.5 Å². The Kier molecular flexibility index (Phi) is 6.27. The standard InChI is InChI=1S/C20H30N2O2/c23-14-6-13-22(15-20(24)21-17-8-2-1-3-9-17)19-12-11-16-7-4-5-10-18(16)19/h4-5,7,10,17,19,23H,1-3,6,8-9,11-15H2,(H,21,24). The summed E-state index contributed by atoms with van der Waals surface area (Å²) in [5, 5.41) is 12.5. The zero-order valence-corrected chi connectivity index (χ0v) is 14.5. The second-order valence-electron chi connectivity index (χ2n) is 7.20. The zero-order chi connectivity index (χ0) is 16.8. The molecule has 24 heavy (non-hydrogen) atoms. The second-order valence-corrected chi connectivity index (χ2v) is 7.20. The topological polar surface area (TPSA) is 52.6 Å². The molecule has 1 aromatic rings. The Morgan fingerprint density at radius 1 is 1.17 bits per heavy atom. The first-order valence-electron chi connectivity index (χ1n) is 9.50. The molecule has 132 valence electrons. The third-order valence-corrected chi connectivity index (χ3v) is 5.46. The van der Waals surface area contributed by atoms with Crippen LogP contribution in [0.15, 0.2) is 24.3 Å². The van der Waals surface area contributed by atoms with Crippen molar-refractivity contribution in [2.75, 3.05) is 19.7 Å². The molecule has 3 rings (SSSR count). The first-order chi connectivity index (χ1) is 11.8. The number of amides is 1. The summed E-state index contributed by atoms with van der Waals surface area (Å²) in [6.07, 6.45) is 8.87. The summed E-state index contributed by atoms with van der Waals surface area (Å²) in [6, 6.07) is 9.24. The number of fused-ring (bicyclic) bond motifs is 1. The van der Waals surface area contributed by atoms with E-state index in [1.807, 2.05) is 0 Å². The maximum atomic E-state index is 12.5. The third-order valence-electron chi connectivity index (χ3n) is 5.46. The van der Waals surface area contributed by atoms with Crippen molar-refractivity contribution >= 4 is 5.91 Å². The molecular weight excluding hydrogens is 300 g/mol. The van der Waals surface area contributed by atoms with Gasteiger partial charge in [0.25, 0.3) is 0 Å². The van der Waals surface area contributed by atoms with Crippen LogP contribution in [0.2, 0.25) is 0 Å². The van der Waals surface area contributed by atoms with Crippen molar-refractivity contribution in [3.8, 4) is 0 Å². The van der Waals surface area contributed by atoms with Crippen molar-refractivity contribution in [3.63, 3.8) is 0 Å². The number of aliphatic hydroxyl groups excluding tert-OH is 1. The maximum Gasteiger partial charge on any atom is 0.234 e. The Bertz CT molecular complexity index is 540. The van der Waals surface area contributed by atoms with Gasteiger partial charge in [0.05, 0.1) is 6.54 Å². The lowest BCUT2D eigenvalue weighted by molar-refractivity contribution is -0.123. The summed E-state index contributed by atoms with van der Waals surface area (Å²) >= 11 is 0. The van der Waals surface area contributed by atoms with Crippen molar-refractivity contribution in [2.45, 2.75) is 63.5 Å². The molecule has 4 nitrogen and oxygen atoms in total. The fraction of sp³-hybridized carbons (Fsp3) is 0.650. The minimum atomic E-state index is 0.143. The fourth-order valence-electron chi connectivity index (χ4n) is 4.24. The van der Waals surface area contributed by atoms with Crippen molar-refractivity contribution in [1.82, 2.24) is 10.2 Å². The van der Waals surface area contributed by atoms with E-state index in [0.29, 0.717) is 18.6 Å². The van der Waals surface area contributed by atoms with Crippen molar-refractivity contribution in [3.05, 3.63) is 35.4 Å². The first kappa shape index (κ1) is 17.4. The molecule has 4 heteroatoms. The molecule has 1 saturated carbocycles. The van der Waals surface area contributed by atoms with E-state index in [-0.39, 0.29) is 12.5 Å². The summed E-state index contributed by atoms with van der Waals surface area (Å²) in [5.74, 6) is 0.143. The first-order valence-corrected chi connectivity index (χ1v) is 9.50. The average molecular weight is 330 g/mol. The quantitative estimate of drug-likeness (QED) is 0.808. The van der Waals surface area contributed by atoms with Crippen LogP contribution in [-0.4, -0.2) is 41.7 Å². The van der Waals surface area contributed by atoms with Crippen molar-refractivity contribution in [2.24, 2.45) is 0 Å². The van der Waals surface area contributed by atoms with E-state index in [4.69, 9.17) is 0 Å². The minimum absolute atomic E-state index is 0.143. The van der Waals surface area contributed by atoms with Crippen LogP contribution in [-0.2, 0) is 11.2 Å². The van der Waals surface area contributed by atoms with Gasteiger partial charge in [-0.05, 0) is 43.2 Å². The Morgan fingerprint density at radius 3 is 2.75 bits per heavy atom. The lowest BCUT2D eigenvalue weighted by Gasteiger charge is -2.30. The van der Waals surface area contributed by atoms with E-state index >= 15 is 0 Å². The van der Waals surface area contributed by atoms with Crippen molar-refractivity contribution < 1.29 is 9.90 Å². The predicted octanol–water partition coefficient (Wildman–Crippen LogP) is 2.81. The summed E-state index contributed by atoms with van der Waals surface area (Å²) in [7, 11) is 0. The number of aryl methyl sites for hydroxylation is 1. The highest BCUT2D eigenvalue weighted by Crippen LogP contribution is 2.35. The molecule has 0 radical (unpaired) electrons. The van der Waals surface area contributed by atoms with E-state index in [9.17, 15) is 9.90 Å². The normalized spacial score (nSPS) is 21.0. The summed E-state index contributed by atoms with van der Waals surface area (Å²) in [4.78, 5) is 14.8. The van der Waals surface area contributed by atoms with Crippen LogP contribution in [0.3, 0.4) is 0 Å². The van der Waals surface area contributed by atoms with Crippen LogP contribution < -0.4 is 5.32 Å². The van der Waals surface area contributed by atoms with E-state index in [2.05, 4.69) is 34.5 Å². The molecule has 0 spiro atoms. The van der Waals surface area contributed by atoms with Gasteiger partial charge in [0.15, 0.2) is 0 Å². The molecule has 0 aromatic heterocycles. The lowest BCUT2D eigenvalue weighted by atomic mass is 9.95. The van der Waals surface area contributed by atoms with Crippen LogP contribution >= 0.6 is 0 Å². The Labute approximate surface area is 145 Å². The molecule has 1 aromatic carbocycles.